The van der Waals surface area contributed by atoms with Gasteiger partial charge in [-0.3, -0.25) is 4.79 Å². The molecule has 0 unspecified atom stereocenters. The third-order valence-corrected chi connectivity index (χ3v) is 5.75. The van der Waals surface area contributed by atoms with E-state index in [-0.39, 0.29) is 5.56 Å². The zero-order valence-corrected chi connectivity index (χ0v) is 15.1. The Kier molecular flexibility index (Phi) is 4.13. The van der Waals surface area contributed by atoms with Gasteiger partial charge in [-0.05, 0) is 68.0 Å². The van der Waals surface area contributed by atoms with Crippen molar-refractivity contribution in [2.75, 3.05) is 7.11 Å². The maximum atomic E-state index is 13.0. The molecule has 5 nitrogen and oxygen atoms in total. The highest BCUT2D eigenvalue weighted by molar-refractivity contribution is 7.18. The Morgan fingerprint density at radius 3 is 2.76 bits per heavy atom. The minimum Gasteiger partial charge on any atom is -0.497 e. The summed E-state index contributed by atoms with van der Waals surface area (Å²) in [6.45, 7) is 1.82. The zero-order chi connectivity index (χ0) is 17.4. The van der Waals surface area contributed by atoms with Crippen molar-refractivity contribution in [3.05, 3.63) is 56.4 Å². The molecule has 0 bridgehead atoms. The van der Waals surface area contributed by atoms with Gasteiger partial charge in [0.15, 0.2) is 0 Å². The first kappa shape index (κ1) is 16.0. The van der Waals surface area contributed by atoms with Crippen LogP contribution in [-0.2, 0) is 12.8 Å². The Bertz CT molecular complexity index is 1020. The van der Waals surface area contributed by atoms with E-state index in [0.29, 0.717) is 5.82 Å². The van der Waals surface area contributed by atoms with Crippen LogP contribution in [0.5, 0.6) is 5.75 Å². The van der Waals surface area contributed by atoms with E-state index >= 15 is 0 Å². The maximum absolute atomic E-state index is 13.0. The number of aromatic nitrogens is 2. The topological polar surface area (TPSA) is 56.5 Å². The molecule has 2 aromatic heterocycles. The molecule has 0 fully saturated rings. The van der Waals surface area contributed by atoms with E-state index in [0.717, 1.165) is 40.8 Å². The van der Waals surface area contributed by atoms with Crippen LogP contribution in [0.1, 0.15) is 34.7 Å². The van der Waals surface area contributed by atoms with Gasteiger partial charge in [-0.2, -0.15) is 9.78 Å². The largest absolute Gasteiger partial charge is 0.497 e. The molecule has 1 aromatic carbocycles. The van der Waals surface area contributed by atoms with Crippen LogP contribution in [0.15, 0.2) is 34.2 Å². The molecule has 0 atom stereocenters. The number of rotatable bonds is 3. The Morgan fingerprint density at radius 2 is 2.00 bits per heavy atom. The van der Waals surface area contributed by atoms with Crippen LogP contribution in [0.2, 0.25) is 0 Å². The van der Waals surface area contributed by atoms with E-state index in [1.807, 2.05) is 31.2 Å². The Labute approximate surface area is 149 Å². The Morgan fingerprint density at radius 1 is 1.24 bits per heavy atom. The van der Waals surface area contributed by atoms with Crippen molar-refractivity contribution in [3.8, 4) is 5.75 Å². The summed E-state index contributed by atoms with van der Waals surface area (Å²) in [7, 11) is 1.63. The summed E-state index contributed by atoms with van der Waals surface area (Å²) in [6.07, 6.45) is 6.05. The normalized spacial score (nSPS) is 14.2. The third kappa shape index (κ3) is 2.87. The van der Waals surface area contributed by atoms with Gasteiger partial charge < -0.3 is 4.74 Å². The lowest BCUT2D eigenvalue weighted by atomic mass is 9.97. The fourth-order valence-electron chi connectivity index (χ4n) is 3.25. The standard InChI is InChI=1S/C19H19N3O2S/c1-12-21-18-17(15-5-3-4-6-16(15)25-18)19(23)22(12)20-11-13-7-9-14(24-2)10-8-13/h7-11H,3-6H2,1-2H3. The molecule has 0 aliphatic heterocycles. The van der Waals surface area contributed by atoms with Gasteiger partial charge in [0, 0.05) is 4.88 Å². The first-order chi connectivity index (χ1) is 12.2. The number of aryl methyl sites for hydroxylation is 3. The van der Waals surface area contributed by atoms with Crippen molar-refractivity contribution in [1.29, 1.82) is 0 Å². The smallest absolute Gasteiger partial charge is 0.283 e. The minimum absolute atomic E-state index is 0.0633. The summed E-state index contributed by atoms with van der Waals surface area (Å²) < 4.78 is 6.56. The number of nitrogens with zero attached hydrogens (tertiary/aromatic N) is 3. The fourth-order valence-corrected chi connectivity index (χ4v) is 4.55. The lowest BCUT2D eigenvalue weighted by Gasteiger charge is -2.10. The molecule has 3 aromatic rings. The quantitative estimate of drug-likeness (QED) is 0.677. The second-order valence-electron chi connectivity index (χ2n) is 6.18. The number of fused-ring (bicyclic) bond motifs is 3. The minimum atomic E-state index is -0.0633. The van der Waals surface area contributed by atoms with Gasteiger partial charge in [0.1, 0.15) is 16.4 Å². The SMILES string of the molecule is COc1ccc(C=Nn2c(C)nc3sc4c(c3c2=O)CCCC4)cc1. The fraction of sp³-hybridized carbons (Fsp3) is 0.316. The second kappa shape index (κ2) is 6.44. The number of thiophene rings is 1. The molecule has 0 saturated carbocycles. The van der Waals surface area contributed by atoms with Crippen LogP contribution in [0.4, 0.5) is 0 Å². The molecule has 6 heteroatoms. The molecule has 1 aliphatic rings. The Balaban J connectivity index is 1.78. The highest BCUT2D eigenvalue weighted by Crippen LogP contribution is 2.33. The molecular formula is C19H19N3O2S. The van der Waals surface area contributed by atoms with Crippen molar-refractivity contribution in [2.24, 2.45) is 5.10 Å². The van der Waals surface area contributed by atoms with Crippen molar-refractivity contribution in [1.82, 2.24) is 9.66 Å². The first-order valence-corrected chi connectivity index (χ1v) is 9.21. The van der Waals surface area contributed by atoms with Gasteiger partial charge in [-0.25, -0.2) is 4.98 Å². The molecule has 4 rings (SSSR count). The molecule has 25 heavy (non-hydrogen) atoms. The summed E-state index contributed by atoms with van der Waals surface area (Å²) in [5, 5.41) is 5.15. The van der Waals surface area contributed by atoms with Crippen molar-refractivity contribution >= 4 is 27.8 Å². The molecular weight excluding hydrogens is 334 g/mol. The number of ether oxygens (including phenoxy) is 1. The number of hydrogen-bond donors (Lipinski definition) is 0. The van der Waals surface area contributed by atoms with Crippen LogP contribution < -0.4 is 10.3 Å². The van der Waals surface area contributed by atoms with Crippen LogP contribution in [0, 0.1) is 6.92 Å². The molecule has 0 amide bonds. The summed E-state index contributed by atoms with van der Waals surface area (Å²) in [6, 6.07) is 7.55. The predicted molar refractivity (Wildman–Crippen MR) is 101 cm³/mol. The van der Waals surface area contributed by atoms with Crippen LogP contribution in [-0.4, -0.2) is 23.0 Å². The van der Waals surface area contributed by atoms with Crippen molar-refractivity contribution in [3.63, 3.8) is 0 Å². The number of methoxy groups -OCH3 is 1. The number of hydrogen-bond acceptors (Lipinski definition) is 5. The molecule has 2 heterocycles. The molecule has 0 saturated heterocycles. The first-order valence-electron chi connectivity index (χ1n) is 8.39. The average Bonchev–Trinajstić information content (AvgIpc) is 3.00. The van der Waals surface area contributed by atoms with Crippen LogP contribution in [0.25, 0.3) is 10.2 Å². The lowest BCUT2D eigenvalue weighted by molar-refractivity contribution is 0.415. The summed E-state index contributed by atoms with van der Waals surface area (Å²) in [4.78, 5) is 19.8. The third-order valence-electron chi connectivity index (χ3n) is 4.57. The van der Waals surface area contributed by atoms with E-state index in [1.165, 1.54) is 21.5 Å². The molecule has 1 aliphatic carbocycles. The van der Waals surface area contributed by atoms with Gasteiger partial charge in [0.05, 0.1) is 18.7 Å². The van der Waals surface area contributed by atoms with E-state index in [1.54, 1.807) is 24.7 Å². The van der Waals surface area contributed by atoms with E-state index in [4.69, 9.17) is 4.74 Å². The monoisotopic (exact) mass is 353 g/mol. The summed E-state index contributed by atoms with van der Waals surface area (Å²) in [5.41, 5.74) is 2.03. The van der Waals surface area contributed by atoms with Gasteiger partial charge in [-0.1, -0.05) is 0 Å². The molecule has 0 N–H and O–H groups in total. The van der Waals surface area contributed by atoms with Gasteiger partial charge >= 0.3 is 0 Å². The van der Waals surface area contributed by atoms with Crippen LogP contribution in [0.3, 0.4) is 0 Å². The van der Waals surface area contributed by atoms with Crippen molar-refractivity contribution in [2.45, 2.75) is 32.6 Å². The van der Waals surface area contributed by atoms with Gasteiger partial charge in [0.25, 0.3) is 5.56 Å². The predicted octanol–water partition coefficient (Wildman–Crippen LogP) is 3.54. The zero-order valence-electron chi connectivity index (χ0n) is 14.3. The molecule has 0 spiro atoms. The lowest BCUT2D eigenvalue weighted by Crippen LogP contribution is -2.21. The highest BCUT2D eigenvalue weighted by atomic mass is 32.1. The van der Waals surface area contributed by atoms with Gasteiger partial charge in [0.2, 0.25) is 0 Å². The van der Waals surface area contributed by atoms with E-state index in [9.17, 15) is 4.79 Å². The summed E-state index contributed by atoms with van der Waals surface area (Å²) in [5.74, 6) is 1.40. The van der Waals surface area contributed by atoms with Crippen LogP contribution >= 0.6 is 11.3 Å². The summed E-state index contributed by atoms with van der Waals surface area (Å²) >= 11 is 1.67. The Hall–Kier alpha value is -2.47. The average molecular weight is 353 g/mol. The highest BCUT2D eigenvalue weighted by Gasteiger charge is 2.20. The van der Waals surface area contributed by atoms with E-state index in [2.05, 4.69) is 10.1 Å². The molecule has 128 valence electrons. The van der Waals surface area contributed by atoms with Crippen molar-refractivity contribution < 1.29 is 4.74 Å². The molecule has 0 radical (unpaired) electrons. The van der Waals surface area contributed by atoms with Gasteiger partial charge in [-0.15, -0.1) is 11.3 Å². The maximum Gasteiger partial charge on any atom is 0.283 e. The van der Waals surface area contributed by atoms with E-state index < -0.39 is 0 Å². The number of benzene rings is 1. The second-order valence-corrected chi connectivity index (χ2v) is 7.27.